The van der Waals surface area contributed by atoms with Crippen molar-refractivity contribution in [1.29, 1.82) is 0 Å². The Labute approximate surface area is 235 Å². The Morgan fingerprint density at radius 3 is 1.69 bits per heavy atom. The second-order valence-electron chi connectivity index (χ2n) is 10.3. The van der Waals surface area contributed by atoms with Gasteiger partial charge in [0.15, 0.2) is 0 Å². The van der Waals surface area contributed by atoms with Gasteiger partial charge in [0, 0.05) is 37.4 Å². The van der Waals surface area contributed by atoms with E-state index in [9.17, 15) is 0 Å². The number of nitrogens with zero attached hydrogens (tertiary/aromatic N) is 2. The van der Waals surface area contributed by atoms with Gasteiger partial charge in [-0.25, -0.2) is 0 Å². The Bertz CT molecular complexity index is 2120. The second-order valence-corrected chi connectivity index (χ2v) is 11.2. The fourth-order valence-corrected chi connectivity index (χ4v) is 6.48. The number of aromatic nitrogens is 2. The predicted octanol–water partition coefficient (Wildman–Crippen LogP) is 10.5. The zero-order chi connectivity index (χ0) is 25.9. The van der Waals surface area contributed by atoms with Gasteiger partial charge in [-0.15, -0.1) is 0 Å². The van der Waals surface area contributed by atoms with Crippen LogP contribution in [0.4, 0.5) is 0 Å². The molecule has 1 aliphatic carbocycles. The summed E-state index contributed by atoms with van der Waals surface area (Å²) in [7, 11) is 0. The third-order valence-corrected chi connectivity index (χ3v) is 8.53. The highest BCUT2D eigenvalue weighted by Gasteiger charge is 2.16. The van der Waals surface area contributed by atoms with E-state index >= 15 is 0 Å². The summed E-state index contributed by atoms with van der Waals surface area (Å²) in [5, 5.41) is 5.12. The average molecular weight is 566 g/mol. The zero-order valence-corrected chi connectivity index (χ0v) is 22.9. The lowest BCUT2D eigenvalue weighted by atomic mass is 10.0. The molecule has 1 aliphatic rings. The van der Waals surface area contributed by atoms with Crippen molar-refractivity contribution < 1.29 is 0 Å². The van der Waals surface area contributed by atoms with Crippen LogP contribution in [0.3, 0.4) is 0 Å². The van der Waals surface area contributed by atoms with Crippen molar-refractivity contribution >= 4 is 65.2 Å². The second kappa shape index (κ2) is 8.86. The monoisotopic (exact) mass is 564 g/mol. The van der Waals surface area contributed by atoms with Gasteiger partial charge in [0.2, 0.25) is 0 Å². The first-order chi connectivity index (χ1) is 19.3. The highest BCUT2D eigenvalue weighted by Crippen LogP contribution is 2.38. The summed E-state index contributed by atoms with van der Waals surface area (Å²) in [5.41, 5.74) is 9.86. The molecule has 0 aliphatic heterocycles. The Hall–Kier alpha value is -4.34. The summed E-state index contributed by atoms with van der Waals surface area (Å²) in [5.74, 6) is 0. The standard InChI is InChI=1S/C36H25BrN2/c37-26-16-18-28(19-17-26)39-34-13-7-5-11-30(34)32-23-25(15-21-36(32)39)24-14-20-35-31(22-24)29-10-4-6-12-33(29)38(35)27-8-2-1-3-9-27/h2,4-23H,1,3H2. The summed E-state index contributed by atoms with van der Waals surface area (Å²) in [6.07, 6.45) is 9.11. The van der Waals surface area contributed by atoms with Crippen molar-refractivity contribution in [3.63, 3.8) is 0 Å². The molecule has 0 bridgehead atoms. The summed E-state index contributed by atoms with van der Waals surface area (Å²) >= 11 is 3.58. The third kappa shape index (κ3) is 3.54. The van der Waals surface area contributed by atoms with Crippen molar-refractivity contribution in [2.24, 2.45) is 0 Å². The first-order valence-electron chi connectivity index (χ1n) is 13.5. The molecule has 0 saturated carbocycles. The number of rotatable bonds is 3. The number of para-hydroxylation sites is 2. The minimum absolute atomic E-state index is 1.09. The van der Waals surface area contributed by atoms with Crippen molar-refractivity contribution in [3.8, 4) is 16.8 Å². The van der Waals surface area contributed by atoms with Crippen LogP contribution in [0.1, 0.15) is 12.8 Å². The van der Waals surface area contributed by atoms with Gasteiger partial charge in [0.1, 0.15) is 0 Å². The summed E-state index contributed by atoms with van der Waals surface area (Å²) in [6, 6.07) is 39.9. The van der Waals surface area contributed by atoms with Crippen LogP contribution in [0.25, 0.3) is 66.1 Å². The molecule has 2 heterocycles. The normalized spacial score (nSPS) is 13.6. The van der Waals surface area contributed by atoms with Crippen molar-refractivity contribution in [3.05, 3.63) is 132 Å². The Morgan fingerprint density at radius 1 is 0.513 bits per heavy atom. The van der Waals surface area contributed by atoms with E-state index in [4.69, 9.17) is 0 Å². The van der Waals surface area contributed by atoms with E-state index < -0.39 is 0 Å². The van der Waals surface area contributed by atoms with E-state index in [1.165, 1.54) is 60.4 Å². The summed E-state index contributed by atoms with van der Waals surface area (Å²) < 4.78 is 5.87. The predicted molar refractivity (Wildman–Crippen MR) is 170 cm³/mol. The maximum Gasteiger partial charge on any atom is 0.0541 e. The molecule has 0 atom stereocenters. The summed E-state index contributed by atoms with van der Waals surface area (Å²) in [6.45, 7) is 0. The molecule has 2 nitrogen and oxygen atoms in total. The van der Waals surface area contributed by atoms with Crippen LogP contribution in [0.5, 0.6) is 0 Å². The lowest BCUT2D eigenvalue weighted by molar-refractivity contribution is 1.02. The Kier molecular flexibility index (Phi) is 5.14. The third-order valence-electron chi connectivity index (χ3n) is 8.00. The number of benzene rings is 5. The topological polar surface area (TPSA) is 9.86 Å². The van der Waals surface area contributed by atoms with Gasteiger partial charge in [-0.05, 0) is 90.7 Å². The first-order valence-corrected chi connectivity index (χ1v) is 14.3. The first kappa shape index (κ1) is 22.6. The van der Waals surface area contributed by atoms with Gasteiger partial charge in [-0.2, -0.15) is 0 Å². The molecule has 5 aromatic carbocycles. The van der Waals surface area contributed by atoms with Crippen molar-refractivity contribution in [2.75, 3.05) is 0 Å². The molecule has 7 aromatic rings. The zero-order valence-electron chi connectivity index (χ0n) is 21.3. The molecule has 8 rings (SSSR count). The highest BCUT2D eigenvalue weighted by atomic mass is 79.9. The number of fused-ring (bicyclic) bond motifs is 6. The smallest absolute Gasteiger partial charge is 0.0541 e. The minimum atomic E-state index is 1.09. The van der Waals surface area contributed by atoms with Gasteiger partial charge in [0.25, 0.3) is 0 Å². The van der Waals surface area contributed by atoms with E-state index in [0.717, 1.165) is 23.0 Å². The summed E-state index contributed by atoms with van der Waals surface area (Å²) in [4.78, 5) is 0. The van der Waals surface area contributed by atoms with E-state index in [-0.39, 0.29) is 0 Å². The van der Waals surface area contributed by atoms with Crippen molar-refractivity contribution in [1.82, 2.24) is 9.13 Å². The van der Waals surface area contributed by atoms with E-state index in [1.807, 2.05) is 0 Å². The van der Waals surface area contributed by atoms with Gasteiger partial charge >= 0.3 is 0 Å². The Balaban J connectivity index is 1.34. The van der Waals surface area contributed by atoms with Crippen LogP contribution in [0.2, 0.25) is 0 Å². The average Bonchev–Trinajstić information content (AvgIpc) is 3.50. The van der Waals surface area contributed by atoms with Gasteiger partial charge in [0.05, 0.1) is 22.1 Å². The molecule has 186 valence electrons. The van der Waals surface area contributed by atoms with Crippen LogP contribution in [-0.2, 0) is 0 Å². The largest absolute Gasteiger partial charge is 0.310 e. The van der Waals surface area contributed by atoms with Crippen molar-refractivity contribution in [2.45, 2.75) is 12.8 Å². The van der Waals surface area contributed by atoms with Gasteiger partial charge in [-0.1, -0.05) is 76.6 Å². The van der Waals surface area contributed by atoms with Crippen LogP contribution in [-0.4, -0.2) is 9.13 Å². The number of halogens is 1. The number of allylic oxidation sites excluding steroid dienone is 4. The molecule has 0 spiro atoms. The van der Waals surface area contributed by atoms with Gasteiger partial charge in [-0.3, -0.25) is 0 Å². The SMILES string of the molecule is Brc1ccc(-n2c3ccccc3c3cc(-c4ccc5c(c4)c4ccccc4n5C4=CCCC=C4)ccc32)cc1. The molecule has 2 aromatic heterocycles. The lowest BCUT2D eigenvalue weighted by Gasteiger charge is -2.12. The molecule has 3 heteroatoms. The number of hydrogen-bond acceptors (Lipinski definition) is 0. The fraction of sp³-hybridized carbons (Fsp3) is 0.0556. The minimum Gasteiger partial charge on any atom is -0.310 e. The maximum absolute atomic E-state index is 3.58. The van der Waals surface area contributed by atoms with E-state index in [0.29, 0.717) is 0 Å². The van der Waals surface area contributed by atoms with Crippen LogP contribution in [0.15, 0.2) is 132 Å². The quantitative estimate of drug-likeness (QED) is 0.202. The lowest BCUT2D eigenvalue weighted by Crippen LogP contribution is -1.96. The molecule has 0 N–H and O–H groups in total. The van der Waals surface area contributed by atoms with Gasteiger partial charge < -0.3 is 9.13 Å². The Morgan fingerprint density at radius 2 is 1.08 bits per heavy atom. The molecule has 0 saturated heterocycles. The molecule has 0 radical (unpaired) electrons. The molecule has 0 unspecified atom stereocenters. The molecule has 0 fully saturated rings. The maximum atomic E-state index is 3.58. The van der Waals surface area contributed by atoms with Crippen LogP contribution in [0, 0.1) is 0 Å². The molecule has 0 amide bonds. The van der Waals surface area contributed by atoms with E-state index in [1.54, 1.807) is 0 Å². The van der Waals surface area contributed by atoms with E-state index in [2.05, 4.69) is 152 Å². The molecule has 39 heavy (non-hydrogen) atoms. The van der Waals surface area contributed by atoms with Crippen LogP contribution >= 0.6 is 15.9 Å². The number of hydrogen-bond donors (Lipinski definition) is 0. The highest BCUT2D eigenvalue weighted by molar-refractivity contribution is 9.10. The molecular formula is C36H25BrN2. The fourth-order valence-electron chi connectivity index (χ4n) is 6.22. The van der Waals surface area contributed by atoms with Crippen LogP contribution < -0.4 is 0 Å². The molecular weight excluding hydrogens is 540 g/mol.